The Morgan fingerprint density at radius 3 is 2.47 bits per heavy atom. The molecule has 1 aromatic rings. The maximum atomic E-state index is 12.5. The van der Waals surface area contributed by atoms with Gasteiger partial charge in [0.25, 0.3) is 5.91 Å². The van der Waals surface area contributed by atoms with E-state index in [1.54, 1.807) is 17.4 Å². The number of hydrogen-bond donors (Lipinski definition) is 2. The molecule has 0 spiro atoms. The van der Waals surface area contributed by atoms with Crippen molar-refractivity contribution < 1.29 is 22.4 Å². The van der Waals surface area contributed by atoms with Gasteiger partial charge in [-0.1, -0.05) is 18.2 Å². The second-order valence-corrected chi connectivity index (χ2v) is 3.31. The van der Waals surface area contributed by atoms with E-state index in [0.717, 1.165) is 0 Å². The fraction of sp³-hybridized carbons (Fsp3) is 0.300. The first kappa shape index (κ1) is 13.3. The Hall–Kier alpha value is -1.79. The molecule has 94 valence electrons. The minimum Gasteiger partial charge on any atom is -0.398 e. The average molecular weight is 250 g/mol. The Labute approximate surface area is 94.6 Å². The molecule has 0 saturated carbocycles. The fourth-order valence-corrected chi connectivity index (χ4v) is 1.09. The molecule has 3 nitrogen and oxygen atoms in total. The summed E-state index contributed by atoms with van der Waals surface area (Å²) in [5, 5.41) is 1.71. The molecular weight excluding hydrogens is 240 g/mol. The van der Waals surface area contributed by atoms with Crippen molar-refractivity contribution in [2.75, 3.05) is 5.73 Å². The summed E-state index contributed by atoms with van der Waals surface area (Å²) < 4.78 is 48.8. The number of nitrogens with two attached hydrogens (primary N) is 1. The largest absolute Gasteiger partial charge is 0.398 e. The fourth-order valence-electron chi connectivity index (χ4n) is 1.09. The smallest absolute Gasteiger partial charge is 0.383 e. The highest BCUT2D eigenvalue weighted by Crippen LogP contribution is 2.23. The van der Waals surface area contributed by atoms with Crippen LogP contribution in [0.4, 0.5) is 23.2 Å². The molecule has 3 N–H and O–H groups in total. The number of carbonyl (C=O) groups is 1. The number of benzene rings is 1. The van der Waals surface area contributed by atoms with E-state index in [4.69, 9.17) is 5.73 Å². The zero-order valence-corrected chi connectivity index (χ0v) is 8.59. The lowest BCUT2D eigenvalue weighted by Crippen LogP contribution is -2.44. The van der Waals surface area contributed by atoms with E-state index < -0.39 is 18.3 Å². The highest BCUT2D eigenvalue weighted by molar-refractivity contribution is 5.83. The molecule has 0 aliphatic rings. The van der Waals surface area contributed by atoms with E-state index in [0.29, 0.717) is 5.56 Å². The third kappa shape index (κ3) is 3.08. The second-order valence-electron chi connectivity index (χ2n) is 3.31. The first-order chi connectivity index (χ1) is 7.85. The van der Waals surface area contributed by atoms with Crippen molar-refractivity contribution in [2.45, 2.75) is 18.9 Å². The topological polar surface area (TPSA) is 55.1 Å². The predicted molar refractivity (Wildman–Crippen MR) is 53.7 cm³/mol. The van der Waals surface area contributed by atoms with Gasteiger partial charge in [0.15, 0.2) is 0 Å². The minimum absolute atomic E-state index is 0.285. The molecule has 7 heteroatoms. The molecule has 17 heavy (non-hydrogen) atoms. The Morgan fingerprint density at radius 1 is 1.35 bits per heavy atom. The SMILES string of the molecule is Nc1ccccc1CNC(=O)C(F)(F)C(F)F. The van der Waals surface area contributed by atoms with Crippen molar-refractivity contribution in [1.82, 2.24) is 5.32 Å². The number of anilines is 1. The third-order valence-electron chi connectivity index (χ3n) is 2.07. The number of alkyl halides is 4. The van der Waals surface area contributed by atoms with Gasteiger partial charge in [-0.15, -0.1) is 0 Å². The number of nitrogen functional groups attached to an aromatic ring is 1. The van der Waals surface area contributed by atoms with Gasteiger partial charge < -0.3 is 11.1 Å². The third-order valence-corrected chi connectivity index (χ3v) is 2.07. The molecule has 1 amide bonds. The van der Waals surface area contributed by atoms with Crippen molar-refractivity contribution in [3.05, 3.63) is 29.8 Å². The van der Waals surface area contributed by atoms with Crippen molar-refractivity contribution >= 4 is 11.6 Å². The van der Waals surface area contributed by atoms with Gasteiger partial charge in [-0.2, -0.15) is 8.78 Å². The summed E-state index contributed by atoms with van der Waals surface area (Å²) in [5.41, 5.74) is 6.15. The number of carbonyl (C=O) groups excluding carboxylic acids is 1. The van der Waals surface area contributed by atoms with Gasteiger partial charge >= 0.3 is 12.3 Å². The van der Waals surface area contributed by atoms with Gasteiger partial charge in [-0.05, 0) is 11.6 Å². The number of amides is 1. The lowest BCUT2D eigenvalue weighted by atomic mass is 10.2. The summed E-state index contributed by atoms with van der Waals surface area (Å²) in [6.45, 7) is -0.326. The second kappa shape index (κ2) is 5.03. The maximum Gasteiger partial charge on any atom is 0.383 e. The summed E-state index contributed by atoms with van der Waals surface area (Å²) in [6, 6.07) is 6.21. The van der Waals surface area contributed by atoms with Crippen LogP contribution < -0.4 is 11.1 Å². The molecule has 0 aliphatic carbocycles. The summed E-state index contributed by atoms with van der Waals surface area (Å²) in [6.07, 6.45) is -4.03. The summed E-state index contributed by atoms with van der Waals surface area (Å²) in [4.78, 5) is 10.8. The maximum absolute atomic E-state index is 12.5. The molecule has 0 heterocycles. The van der Waals surface area contributed by atoms with E-state index in [2.05, 4.69) is 0 Å². The first-order valence-electron chi connectivity index (χ1n) is 4.63. The molecule has 0 radical (unpaired) electrons. The molecule has 0 saturated heterocycles. The summed E-state index contributed by atoms with van der Waals surface area (Å²) >= 11 is 0. The van der Waals surface area contributed by atoms with Crippen LogP contribution in [-0.2, 0) is 11.3 Å². The average Bonchev–Trinajstić information content (AvgIpc) is 2.27. The summed E-state index contributed by atoms with van der Waals surface area (Å²) in [7, 11) is 0. The predicted octanol–water partition coefficient (Wildman–Crippen LogP) is 1.79. The molecular formula is C10H10F4N2O. The number of rotatable bonds is 4. The van der Waals surface area contributed by atoms with Gasteiger partial charge in [0.1, 0.15) is 0 Å². The van der Waals surface area contributed by atoms with Crippen LogP contribution in [0.25, 0.3) is 0 Å². The molecule has 0 aromatic heterocycles. The van der Waals surface area contributed by atoms with Crippen LogP contribution in [0.1, 0.15) is 5.56 Å². The van der Waals surface area contributed by atoms with Gasteiger partial charge in [0.2, 0.25) is 0 Å². The molecule has 0 unspecified atom stereocenters. The summed E-state index contributed by atoms with van der Waals surface area (Å²) in [5.74, 6) is -6.71. The minimum atomic E-state index is -4.69. The first-order valence-corrected chi connectivity index (χ1v) is 4.63. The number of halogens is 4. The quantitative estimate of drug-likeness (QED) is 0.632. The number of nitrogens with one attached hydrogen (secondary N) is 1. The van der Waals surface area contributed by atoms with Crippen LogP contribution >= 0.6 is 0 Å². The standard InChI is InChI=1S/C10H10F4N2O/c11-8(12)10(13,14)9(17)16-5-6-3-1-2-4-7(6)15/h1-4,8H,5,15H2,(H,16,17). The Morgan fingerprint density at radius 2 is 1.94 bits per heavy atom. The Bertz CT molecular complexity index is 409. The number of para-hydroxylation sites is 1. The van der Waals surface area contributed by atoms with Gasteiger partial charge in [-0.3, -0.25) is 4.79 Å². The van der Waals surface area contributed by atoms with Gasteiger partial charge in [0, 0.05) is 12.2 Å². The van der Waals surface area contributed by atoms with Crippen LogP contribution in [0.5, 0.6) is 0 Å². The van der Waals surface area contributed by atoms with E-state index in [-0.39, 0.29) is 12.2 Å². The molecule has 0 atom stereocenters. The van der Waals surface area contributed by atoms with Crippen LogP contribution in [0.3, 0.4) is 0 Å². The van der Waals surface area contributed by atoms with Gasteiger partial charge in [0.05, 0.1) is 0 Å². The van der Waals surface area contributed by atoms with Crippen molar-refractivity contribution in [3.8, 4) is 0 Å². The van der Waals surface area contributed by atoms with E-state index >= 15 is 0 Å². The Balaban J connectivity index is 2.64. The van der Waals surface area contributed by atoms with Crippen molar-refractivity contribution in [2.24, 2.45) is 0 Å². The monoisotopic (exact) mass is 250 g/mol. The lowest BCUT2D eigenvalue weighted by Gasteiger charge is -2.15. The van der Waals surface area contributed by atoms with Crippen molar-refractivity contribution in [1.29, 1.82) is 0 Å². The van der Waals surface area contributed by atoms with Gasteiger partial charge in [-0.25, -0.2) is 8.78 Å². The van der Waals surface area contributed by atoms with E-state index in [9.17, 15) is 22.4 Å². The van der Waals surface area contributed by atoms with Crippen LogP contribution in [0.2, 0.25) is 0 Å². The van der Waals surface area contributed by atoms with E-state index in [1.165, 1.54) is 12.1 Å². The molecule has 0 aliphatic heterocycles. The van der Waals surface area contributed by atoms with Crippen LogP contribution in [-0.4, -0.2) is 18.3 Å². The molecule has 0 bridgehead atoms. The normalized spacial score (nSPS) is 11.6. The Kier molecular flexibility index (Phi) is 3.93. The zero-order valence-electron chi connectivity index (χ0n) is 8.59. The van der Waals surface area contributed by atoms with Crippen LogP contribution in [0, 0.1) is 0 Å². The molecule has 1 rings (SSSR count). The van der Waals surface area contributed by atoms with E-state index in [1.807, 2.05) is 0 Å². The highest BCUT2D eigenvalue weighted by atomic mass is 19.3. The van der Waals surface area contributed by atoms with Crippen molar-refractivity contribution in [3.63, 3.8) is 0 Å². The molecule has 0 fully saturated rings. The lowest BCUT2D eigenvalue weighted by molar-refractivity contribution is -0.169. The zero-order chi connectivity index (χ0) is 13.1. The molecule has 1 aromatic carbocycles. The van der Waals surface area contributed by atoms with Crippen LogP contribution in [0.15, 0.2) is 24.3 Å². The number of hydrogen-bond acceptors (Lipinski definition) is 2. The highest BCUT2D eigenvalue weighted by Gasteiger charge is 2.48.